The monoisotopic (exact) mass is 235 g/mol. The fourth-order valence-electron chi connectivity index (χ4n) is 1.55. The second-order valence-electron chi connectivity index (χ2n) is 3.72. The molecule has 0 bridgehead atoms. The molecule has 1 aliphatic heterocycles. The van der Waals surface area contributed by atoms with Crippen molar-refractivity contribution in [1.29, 1.82) is 0 Å². The average molecular weight is 235 g/mol. The molecule has 3 N–H and O–H groups in total. The first-order valence-electron chi connectivity index (χ1n) is 5.26. The summed E-state index contributed by atoms with van der Waals surface area (Å²) >= 11 is 0. The number of carbonyl (C=O) groups is 1. The summed E-state index contributed by atoms with van der Waals surface area (Å²) < 4.78 is 10.5. The number of aliphatic carboxylic acids is 1. The number of nitrogens with two attached hydrogens (primary N) is 1. The van der Waals surface area contributed by atoms with Crippen LogP contribution in [0.25, 0.3) is 0 Å². The van der Waals surface area contributed by atoms with Crippen LogP contribution in [0.3, 0.4) is 0 Å². The molecule has 90 valence electrons. The summed E-state index contributed by atoms with van der Waals surface area (Å²) in [7, 11) is 0. The Bertz CT molecular complexity index is 445. The summed E-state index contributed by atoms with van der Waals surface area (Å²) in [5.41, 5.74) is 6.42. The molecule has 2 aliphatic rings. The summed E-state index contributed by atoms with van der Waals surface area (Å²) in [6.07, 6.45) is 10.3. The summed E-state index contributed by atoms with van der Waals surface area (Å²) in [6.45, 7) is 0. The van der Waals surface area contributed by atoms with Crippen molar-refractivity contribution in [2.75, 3.05) is 0 Å². The van der Waals surface area contributed by atoms with Crippen LogP contribution in [0.15, 0.2) is 47.8 Å². The van der Waals surface area contributed by atoms with E-state index in [4.69, 9.17) is 20.3 Å². The molecule has 5 heteroatoms. The molecule has 2 rings (SSSR count). The van der Waals surface area contributed by atoms with Crippen molar-refractivity contribution in [3.63, 3.8) is 0 Å². The van der Waals surface area contributed by atoms with Gasteiger partial charge >= 0.3 is 5.97 Å². The van der Waals surface area contributed by atoms with Gasteiger partial charge in [-0.1, -0.05) is 18.2 Å². The first-order chi connectivity index (χ1) is 8.18. The van der Waals surface area contributed by atoms with Crippen molar-refractivity contribution in [3.05, 3.63) is 47.8 Å². The molecule has 1 aliphatic carbocycles. The van der Waals surface area contributed by atoms with Gasteiger partial charge in [0.15, 0.2) is 17.6 Å². The first-order valence-corrected chi connectivity index (χ1v) is 5.26. The summed E-state index contributed by atoms with van der Waals surface area (Å²) in [4.78, 5) is 10.7. The number of hydrogen-bond donors (Lipinski definition) is 2. The smallest absolute Gasteiger partial charge is 0.328 e. The van der Waals surface area contributed by atoms with E-state index in [2.05, 4.69) is 0 Å². The Kier molecular flexibility index (Phi) is 3.30. The lowest BCUT2D eigenvalue weighted by molar-refractivity contribution is -0.138. The fourth-order valence-corrected chi connectivity index (χ4v) is 1.55. The van der Waals surface area contributed by atoms with Crippen LogP contribution in [-0.4, -0.2) is 17.1 Å². The number of carboxylic acid groups (broad SMARTS) is 1. The third-order valence-electron chi connectivity index (χ3n) is 2.49. The van der Waals surface area contributed by atoms with E-state index in [1.54, 1.807) is 0 Å². The zero-order valence-corrected chi connectivity index (χ0v) is 9.13. The Morgan fingerprint density at radius 3 is 2.94 bits per heavy atom. The van der Waals surface area contributed by atoms with Crippen molar-refractivity contribution in [2.45, 2.75) is 18.9 Å². The zero-order chi connectivity index (χ0) is 12.3. The molecule has 0 spiro atoms. The Hall–Kier alpha value is -2.01. The minimum atomic E-state index is -1.21. The lowest BCUT2D eigenvalue weighted by atomic mass is 10.0. The molecule has 0 radical (unpaired) electrons. The van der Waals surface area contributed by atoms with Gasteiger partial charge in [-0.15, -0.1) is 0 Å². The first kappa shape index (κ1) is 11.5. The van der Waals surface area contributed by atoms with Gasteiger partial charge in [0.2, 0.25) is 0 Å². The number of allylic oxidation sites excluding steroid dienone is 4. The topological polar surface area (TPSA) is 81.8 Å². The Morgan fingerprint density at radius 1 is 1.47 bits per heavy atom. The second kappa shape index (κ2) is 4.88. The summed E-state index contributed by atoms with van der Waals surface area (Å²) in [5.74, 6) is -0.535. The maximum atomic E-state index is 10.7. The quantitative estimate of drug-likeness (QED) is 0.772. The minimum absolute atomic E-state index is 0.102. The van der Waals surface area contributed by atoms with Crippen LogP contribution in [0.1, 0.15) is 12.8 Å². The number of carboxylic acids is 1. The zero-order valence-electron chi connectivity index (χ0n) is 9.13. The largest absolute Gasteiger partial charge is 0.480 e. The van der Waals surface area contributed by atoms with Gasteiger partial charge in [0, 0.05) is 0 Å². The summed E-state index contributed by atoms with van der Waals surface area (Å²) in [5, 5.41) is 8.78. The molecule has 1 atom stereocenters. The SMILES string of the molecule is NC(C(=O)O)C1=COC=C(C2=CC=CCC2)O1. The minimum Gasteiger partial charge on any atom is -0.480 e. The Labute approximate surface area is 98.5 Å². The van der Waals surface area contributed by atoms with Gasteiger partial charge in [0.05, 0.1) is 0 Å². The molecule has 0 aromatic heterocycles. The van der Waals surface area contributed by atoms with Gasteiger partial charge in [-0.25, -0.2) is 0 Å². The molecule has 17 heavy (non-hydrogen) atoms. The molecular weight excluding hydrogens is 222 g/mol. The van der Waals surface area contributed by atoms with Crippen LogP contribution >= 0.6 is 0 Å². The second-order valence-corrected chi connectivity index (χ2v) is 3.72. The van der Waals surface area contributed by atoms with E-state index in [-0.39, 0.29) is 5.76 Å². The predicted octanol–water partition coefficient (Wildman–Crippen LogP) is 1.40. The third kappa shape index (κ3) is 2.57. The molecule has 5 nitrogen and oxygen atoms in total. The van der Waals surface area contributed by atoms with Gasteiger partial charge in [0.1, 0.15) is 12.5 Å². The van der Waals surface area contributed by atoms with Gasteiger partial charge in [-0.05, 0) is 18.4 Å². The van der Waals surface area contributed by atoms with Crippen LogP contribution in [0.5, 0.6) is 0 Å². The number of ether oxygens (including phenoxy) is 2. The van der Waals surface area contributed by atoms with Gasteiger partial charge in [-0.3, -0.25) is 4.79 Å². The maximum Gasteiger partial charge on any atom is 0.328 e. The molecule has 0 saturated heterocycles. The lowest BCUT2D eigenvalue weighted by Crippen LogP contribution is -2.34. The molecule has 0 fully saturated rings. The van der Waals surface area contributed by atoms with Crippen molar-refractivity contribution >= 4 is 5.97 Å². The molecule has 1 heterocycles. The van der Waals surface area contributed by atoms with E-state index >= 15 is 0 Å². The Morgan fingerprint density at radius 2 is 2.29 bits per heavy atom. The molecule has 0 amide bonds. The third-order valence-corrected chi connectivity index (χ3v) is 2.49. The van der Waals surface area contributed by atoms with E-state index in [0.717, 1.165) is 18.4 Å². The lowest BCUT2D eigenvalue weighted by Gasteiger charge is -2.21. The normalized spacial score (nSPS) is 20.4. The molecule has 1 unspecified atom stereocenters. The van der Waals surface area contributed by atoms with E-state index in [1.165, 1.54) is 12.5 Å². The predicted molar refractivity (Wildman–Crippen MR) is 60.4 cm³/mol. The highest BCUT2D eigenvalue weighted by Gasteiger charge is 2.24. The van der Waals surface area contributed by atoms with E-state index < -0.39 is 12.0 Å². The maximum absolute atomic E-state index is 10.7. The van der Waals surface area contributed by atoms with Gasteiger partial charge in [-0.2, -0.15) is 0 Å². The van der Waals surface area contributed by atoms with Crippen molar-refractivity contribution in [2.24, 2.45) is 5.73 Å². The van der Waals surface area contributed by atoms with Crippen LogP contribution < -0.4 is 5.73 Å². The highest BCUT2D eigenvalue weighted by Crippen LogP contribution is 2.26. The van der Waals surface area contributed by atoms with Crippen molar-refractivity contribution in [1.82, 2.24) is 0 Å². The average Bonchev–Trinajstić information content (AvgIpc) is 2.39. The standard InChI is InChI=1S/C12H13NO4/c13-11(12(14)15)10-7-16-6-9(17-10)8-4-2-1-3-5-8/h1-2,4,6-7,11H,3,5,13H2,(H,14,15). The van der Waals surface area contributed by atoms with E-state index in [1.807, 2.05) is 18.2 Å². The van der Waals surface area contributed by atoms with Crippen LogP contribution in [0.2, 0.25) is 0 Å². The molecule has 0 aromatic carbocycles. The van der Waals surface area contributed by atoms with E-state index in [9.17, 15) is 4.79 Å². The van der Waals surface area contributed by atoms with Crippen LogP contribution in [-0.2, 0) is 14.3 Å². The summed E-state index contributed by atoms with van der Waals surface area (Å²) in [6, 6.07) is -1.21. The molecular formula is C12H13NO4. The van der Waals surface area contributed by atoms with Gasteiger partial charge < -0.3 is 20.3 Å². The molecule has 0 aromatic rings. The van der Waals surface area contributed by atoms with E-state index in [0.29, 0.717) is 5.76 Å². The number of rotatable bonds is 3. The number of hydrogen-bond acceptors (Lipinski definition) is 4. The van der Waals surface area contributed by atoms with Crippen LogP contribution in [0.4, 0.5) is 0 Å². The van der Waals surface area contributed by atoms with Crippen molar-refractivity contribution in [3.8, 4) is 0 Å². The highest BCUT2D eigenvalue weighted by atomic mass is 16.5. The Balaban J connectivity index is 2.09. The fraction of sp³-hybridized carbons (Fsp3) is 0.250. The van der Waals surface area contributed by atoms with Crippen molar-refractivity contribution < 1.29 is 19.4 Å². The highest BCUT2D eigenvalue weighted by molar-refractivity contribution is 5.76. The van der Waals surface area contributed by atoms with Gasteiger partial charge in [0.25, 0.3) is 0 Å². The molecule has 0 saturated carbocycles. The van der Waals surface area contributed by atoms with Crippen LogP contribution in [0, 0.1) is 0 Å².